The van der Waals surface area contributed by atoms with Gasteiger partial charge in [-0.3, -0.25) is 0 Å². The fraction of sp³-hybridized carbons (Fsp3) is 0.533. The van der Waals surface area contributed by atoms with Crippen LogP contribution in [0.4, 0.5) is 0 Å². The Balaban J connectivity index is 2.09. The van der Waals surface area contributed by atoms with Crippen molar-refractivity contribution in [3.63, 3.8) is 0 Å². The molecule has 1 fully saturated rings. The average molecular weight is 295 g/mol. The smallest absolute Gasteiger partial charge is 0.331 e. The first kappa shape index (κ1) is 15.4. The minimum atomic E-state index is -1.08. The van der Waals surface area contributed by atoms with E-state index in [2.05, 4.69) is 0 Å². The molecule has 0 aromatic heterocycles. The molecule has 2 rings (SSSR count). The van der Waals surface area contributed by atoms with Crippen LogP contribution in [0.1, 0.15) is 18.4 Å². The molecular weight excluding hydrogens is 274 g/mol. The Morgan fingerprint density at radius 3 is 2.65 bits per heavy atom. The number of nitrogens with two attached hydrogens (primary N) is 1. The van der Waals surface area contributed by atoms with Gasteiger partial charge in [-0.1, -0.05) is 30.3 Å². The summed E-state index contributed by atoms with van der Waals surface area (Å²) in [6, 6.07) is 9.44. The van der Waals surface area contributed by atoms with Crippen molar-refractivity contribution in [1.29, 1.82) is 0 Å². The highest BCUT2D eigenvalue weighted by Crippen LogP contribution is 2.30. The van der Waals surface area contributed by atoms with E-state index in [1.807, 2.05) is 30.3 Å². The van der Waals surface area contributed by atoms with E-state index in [-0.39, 0.29) is 5.97 Å². The third-order valence-corrected chi connectivity index (χ3v) is 5.12. The van der Waals surface area contributed by atoms with Crippen molar-refractivity contribution in [3.05, 3.63) is 35.9 Å². The molecule has 0 aliphatic carbocycles. The molecule has 0 spiro atoms. The number of benzene rings is 1. The van der Waals surface area contributed by atoms with Crippen LogP contribution in [0.25, 0.3) is 0 Å². The molecule has 1 aromatic carbocycles. The monoisotopic (exact) mass is 295 g/mol. The van der Waals surface area contributed by atoms with Gasteiger partial charge in [0.05, 0.1) is 7.11 Å². The molecule has 2 N–H and O–H groups in total. The molecule has 5 heteroatoms. The first-order valence-corrected chi connectivity index (χ1v) is 7.84. The predicted octanol–water partition coefficient (Wildman–Crippen LogP) is 1.93. The molecule has 0 amide bonds. The van der Waals surface area contributed by atoms with Gasteiger partial charge in [-0.25, -0.2) is 4.79 Å². The summed E-state index contributed by atoms with van der Waals surface area (Å²) < 4.78 is 10.3. The Labute approximate surface area is 124 Å². The number of methoxy groups -OCH3 is 1. The lowest BCUT2D eigenvalue weighted by molar-refractivity contribution is -0.146. The topological polar surface area (TPSA) is 61.5 Å². The Morgan fingerprint density at radius 2 is 2.05 bits per heavy atom. The minimum Gasteiger partial charge on any atom is -0.467 e. The predicted molar refractivity (Wildman–Crippen MR) is 80.6 cm³/mol. The molecule has 20 heavy (non-hydrogen) atoms. The molecule has 1 atom stereocenters. The summed E-state index contributed by atoms with van der Waals surface area (Å²) in [6.45, 7) is 1.58. The Morgan fingerprint density at radius 1 is 1.40 bits per heavy atom. The molecule has 1 unspecified atom stereocenters. The Kier molecular flexibility index (Phi) is 5.46. The van der Waals surface area contributed by atoms with Crippen LogP contribution < -0.4 is 5.73 Å². The normalized spacial score (nSPS) is 19.3. The molecule has 4 nitrogen and oxygen atoms in total. The second kappa shape index (κ2) is 7.11. The summed E-state index contributed by atoms with van der Waals surface area (Å²) in [5.41, 5.74) is 6.08. The maximum absolute atomic E-state index is 12.1. The van der Waals surface area contributed by atoms with Crippen molar-refractivity contribution in [1.82, 2.24) is 0 Å². The standard InChI is InChI=1S/C15H21NO3S/c1-18-14(17)15(16,12-5-3-2-4-6-12)11-20-13-7-9-19-10-8-13/h2-6,13H,7-11,16H2,1H3. The van der Waals surface area contributed by atoms with Gasteiger partial charge in [0.25, 0.3) is 0 Å². The molecule has 0 bridgehead atoms. The van der Waals surface area contributed by atoms with Crippen LogP contribution in [-0.4, -0.2) is 37.3 Å². The van der Waals surface area contributed by atoms with Gasteiger partial charge in [0.1, 0.15) is 5.54 Å². The van der Waals surface area contributed by atoms with Gasteiger partial charge < -0.3 is 15.2 Å². The van der Waals surface area contributed by atoms with Crippen LogP contribution in [0.2, 0.25) is 0 Å². The molecule has 1 aliphatic rings. The summed E-state index contributed by atoms with van der Waals surface area (Å²) in [4.78, 5) is 12.1. The zero-order valence-corrected chi connectivity index (χ0v) is 12.5. The van der Waals surface area contributed by atoms with Crippen molar-refractivity contribution >= 4 is 17.7 Å². The summed E-state index contributed by atoms with van der Waals surface area (Å²) in [6.07, 6.45) is 2.02. The highest BCUT2D eigenvalue weighted by atomic mass is 32.2. The third-order valence-electron chi connectivity index (χ3n) is 3.55. The SMILES string of the molecule is COC(=O)C(N)(CSC1CCOCC1)c1ccccc1. The van der Waals surface area contributed by atoms with Gasteiger partial charge in [0.2, 0.25) is 0 Å². The number of hydrogen-bond donors (Lipinski definition) is 1. The van der Waals surface area contributed by atoms with Gasteiger partial charge >= 0.3 is 5.97 Å². The fourth-order valence-electron chi connectivity index (χ4n) is 2.27. The van der Waals surface area contributed by atoms with Crippen LogP contribution in [0.3, 0.4) is 0 Å². The van der Waals surface area contributed by atoms with E-state index in [4.69, 9.17) is 15.2 Å². The van der Waals surface area contributed by atoms with Crippen molar-refractivity contribution in [2.45, 2.75) is 23.6 Å². The number of esters is 1. The molecule has 0 radical (unpaired) electrons. The average Bonchev–Trinajstić information content (AvgIpc) is 2.53. The fourth-order valence-corrected chi connectivity index (χ4v) is 3.58. The van der Waals surface area contributed by atoms with Crippen molar-refractivity contribution in [2.75, 3.05) is 26.1 Å². The summed E-state index contributed by atoms with van der Waals surface area (Å²) in [7, 11) is 1.38. The van der Waals surface area contributed by atoms with Crippen LogP contribution in [0.5, 0.6) is 0 Å². The third kappa shape index (κ3) is 3.53. The molecule has 0 saturated carbocycles. The molecular formula is C15H21NO3S. The van der Waals surface area contributed by atoms with E-state index in [0.717, 1.165) is 31.6 Å². The Bertz CT molecular complexity index is 434. The highest BCUT2D eigenvalue weighted by molar-refractivity contribution is 8.00. The quantitative estimate of drug-likeness (QED) is 0.841. The number of carbonyl (C=O) groups excluding carboxylic acids is 1. The molecule has 1 aliphatic heterocycles. The van der Waals surface area contributed by atoms with Gasteiger partial charge in [-0.15, -0.1) is 0 Å². The molecule has 1 heterocycles. The lowest BCUT2D eigenvalue weighted by atomic mass is 9.93. The number of hydrogen-bond acceptors (Lipinski definition) is 5. The second-order valence-electron chi connectivity index (χ2n) is 4.95. The highest BCUT2D eigenvalue weighted by Gasteiger charge is 2.38. The zero-order chi connectivity index (χ0) is 14.4. The Hall–Kier alpha value is -1.04. The van der Waals surface area contributed by atoms with Crippen molar-refractivity contribution < 1.29 is 14.3 Å². The maximum Gasteiger partial charge on any atom is 0.331 e. The zero-order valence-electron chi connectivity index (χ0n) is 11.7. The number of carbonyl (C=O) groups is 1. The van der Waals surface area contributed by atoms with Crippen molar-refractivity contribution in [3.8, 4) is 0 Å². The van der Waals surface area contributed by atoms with Gasteiger partial charge in [0, 0.05) is 24.2 Å². The first-order chi connectivity index (χ1) is 9.66. The number of thioether (sulfide) groups is 1. The summed E-state index contributed by atoms with van der Waals surface area (Å²) in [5.74, 6) is 0.136. The van der Waals surface area contributed by atoms with E-state index in [9.17, 15) is 4.79 Å². The van der Waals surface area contributed by atoms with Gasteiger partial charge in [-0.05, 0) is 18.4 Å². The largest absolute Gasteiger partial charge is 0.467 e. The van der Waals surface area contributed by atoms with E-state index >= 15 is 0 Å². The minimum absolute atomic E-state index is 0.386. The second-order valence-corrected chi connectivity index (χ2v) is 6.24. The lowest BCUT2D eigenvalue weighted by Crippen LogP contribution is -2.48. The summed E-state index contributed by atoms with van der Waals surface area (Å²) >= 11 is 1.74. The van der Waals surface area contributed by atoms with Gasteiger partial charge in [-0.2, -0.15) is 11.8 Å². The van der Waals surface area contributed by atoms with Crippen LogP contribution in [0.15, 0.2) is 30.3 Å². The van der Waals surface area contributed by atoms with Crippen LogP contribution in [-0.2, 0) is 19.8 Å². The number of ether oxygens (including phenoxy) is 2. The molecule has 1 saturated heterocycles. The molecule has 110 valence electrons. The lowest BCUT2D eigenvalue weighted by Gasteiger charge is -2.29. The van der Waals surface area contributed by atoms with Crippen LogP contribution in [0, 0.1) is 0 Å². The van der Waals surface area contributed by atoms with E-state index < -0.39 is 5.54 Å². The van der Waals surface area contributed by atoms with E-state index in [1.54, 1.807) is 11.8 Å². The molecule has 1 aromatic rings. The number of rotatable bonds is 5. The first-order valence-electron chi connectivity index (χ1n) is 6.79. The van der Waals surface area contributed by atoms with E-state index in [1.165, 1.54) is 7.11 Å². The summed E-state index contributed by atoms with van der Waals surface area (Å²) in [5, 5.41) is 0.500. The van der Waals surface area contributed by atoms with Gasteiger partial charge in [0.15, 0.2) is 0 Å². The van der Waals surface area contributed by atoms with Crippen molar-refractivity contribution in [2.24, 2.45) is 5.73 Å². The van der Waals surface area contributed by atoms with E-state index in [0.29, 0.717) is 11.0 Å². The van der Waals surface area contributed by atoms with Crippen LogP contribution >= 0.6 is 11.8 Å². The maximum atomic E-state index is 12.1.